The molecule has 0 spiro atoms. The van der Waals surface area contributed by atoms with Crippen molar-refractivity contribution in [2.45, 2.75) is 13.0 Å². The zero-order valence-electron chi connectivity index (χ0n) is 14.3. The molecule has 7 nitrogen and oxygen atoms in total. The molecular weight excluding hydrogens is 404 g/mol. The first-order chi connectivity index (χ1) is 12.4. The fourth-order valence-electron chi connectivity index (χ4n) is 3.02. The molecule has 0 aromatic heterocycles. The number of amides is 1. The van der Waals surface area contributed by atoms with Crippen LogP contribution in [0.25, 0.3) is 0 Å². The van der Waals surface area contributed by atoms with E-state index in [-0.39, 0.29) is 11.6 Å². The van der Waals surface area contributed by atoms with Gasteiger partial charge in [-0.3, -0.25) is 14.9 Å². The third-order valence-corrected chi connectivity index (χ3v) is 5.07. The number of ether oxygens (including phenoxy) is 2. The highest BCUT2D eigenvalue weighted by Gasteiger charge is 2.25. The van der Waals surface area contributed by atoms with Gasteiger partial charge in [-0.05, 0) is 57.7 Å². The largest absolute Gasteiger partial charge is 0.493 e. The van der Waals surface area contributed by atoms with Crippen LogP contribution in [0.3, 0.4) is 0 Å². The van der Waals surface area contributed by atoms with Crippen LogP contribution in [0.1, 0.15) is 21.5 Å². The number of nitro benzene ring substituents is 1. The summed E-state index contributed by atoms with van der Waals surface area (Å²) in [6.07, 6.45) is 0.681. The topological polar surface area (TPSA) is 81.9 Å². The number of hydrogen-bond donors (Lipinski definition) is 0. The standard InChI is InChI=1S/C18H17BrN2O5/c1-25-16-8-11-5-6-20(10-13(11)9-17(16)26-2)18(22)12-3-4-14(19)15(7-12)21(23)24/h3-4,7-9H,5-6,10H2,1-2H3. The zero-order chi connectivity index (χ0) is 18.8. The summed E-state index contributed by atoms with van der Waals surface area (Å²) in [6, 6.07) is 8.22. The summed E-state index contributed by atoms with van der Waals surface area (Å²) in [5.74, 6) is 1.04. The van der Waals surface area contributed by atoms with E-state index in [0.717, 1.165) is 11.1 Å². The minimum atomic E-state index is -0.510. The molecule has 0 bridgehead atoms. The molecule has 0 saturated carbocycles. The molecule has 1 aliphatic heterocycles. The van der Waals surface area contributed by atoms with Gasteiger partial charge in [0.05, 0.1) is 23.6 Å². The SMILES string of the molecule is COc1cc2c(cc1OC)CN(C(=O)c1ccc(Br)c([N+](=O)[O-])c1)CC2. The molecule has 3 rings (SSSR count). The van der Waals surface area contributed by atoms with Crippen LogP contribution in [0.5, 0.6) is 11.5 Å². The van der Waals surface area contributed by atoms with Gasteiger partial charge in [0, 0.05) is 24.7 Å². The molecule has 0 saturated heterocycles. The Labute approximate surface area is 158 Å². The first-order valence-electron chi connectivity index (χ1n) is 7.91. The van der Waals surface area contributed by atoms with Gasteiger partial charge in [-0.25, -0.2) is 0 Å². The van der Waals surface area contributed by atoms with Crippen molar-refractivity contribution in [3.63, 3.8) is 0 Å². The van der Waals surface area contributed by atoms with Crippen molar-refractivity contribution in [3.05, 3.63) is 61.6 Å². The minimum Gasteiger partial charge on any atom is -0.493 e. The summed E-state index contributed by atoms with van der Waals surface area (Å²) in [5, 5.41) is 11.1. The second kappa shape index (κ2) is 7.33. The van der Waals surface area contributed by atoms with E-state index in [9.17, 15) is 14.9 Å². The third kappa shape index (κ3) is 3.37. The van der Waals surface area contributed by atoms with Crippen LogP contribution in [-0.4, -0.2) is 36.5 Å². The maximum absolute atomic E-state index is 12.8. The van der Waals surface area contributed by atoms with Crippen molar-refractivity contribution in [2.75, 3.05) is 20.8 Å². The maximum Gasteiger partial charge on any atom is 0.284 e. The lowest BCUT2D eigenvalue weighted by atomic mass is 9.98. The minimum absolute atomic E-state index is 0.125. The van der Waals surface area contributed by atoms with Crippen LogP contribution in [0.15, 0.2) is 34.8 Å². The van der Waals surface area contributed by atoms with Crippen molar-refractivity contribution in [3.8, 4) is 11.5 Å². The van der Waals surface area contributed by atoms with Crippen LogP contribution in [-0.2, 0) is 13.0 Å². The van der Waals surface area contributed by atoms with Gasteiger partial charge in [-0.15, -0.1) is 0 Å². The number of fused-ring (bicyclic) bond motifs is 1. The predicted molar refractivity (Wildman–Crippen MR) is 98.8 cm³/mol. The molecule has 0 atom stereocenters. The molecule has 0 aliphatic carbocycles. The van der Waals surface area contributed by atoms with Gasteiger partial charge in [0.15, 0.2) is 11.5 Å². The quantitative estimate of drug-likeness (QED) is 0.557. The number of nitrogens with zero attached hydrogens (tertiary/aromatic N) is 2. The van der Waals surface area contributed by atoms with E-state index in [1.54, 1.807) is 25.2 Å². The van der Waals surface area contributed by atoms with Crippen molar-refractivity contribution in [2.24, 2.45) is 0 Å². The predicted octanol–water partition coefficient (Wildman–Crippen LogP) is 3.57. The Balaban J connectivity index is 1.88. The molecule has 8 heteroatoms. The van der Waals surface area contributed by atoms with Crippen molar-refractivity contribution >= 4 is 27.5 Å². The van der Waals surface area contributed by atoms with Gasteiger partial charge in [0.25, 0.3) is 11.6 Å². The van der Waals surface area contributed by atoms with Crippen molar-refractivity contribution in [1.29, 1.82) is 0 Å². The Bertz CT molecular complexity index is 884. The van der Waals surface area contributed by atoms with Crippen LogP contribution in [0.4, 0.5) is 5.69 Å². The van der Waals surface area contributed by atoms with E-state index in [1.165, 1.54) is 12.1 Å². The number of methoxy groups -OCH3 is 2. The Kier molecular flexibility index (Phi) is 5.13. The highest BCUT2D eigenvalue weighted by Crippen LogP contribution is 2.34. The molecule has 0 unspecified atom stereocenters. The van der Waals surface area contributed by atoms with Crippen LogP contribution >= 0.6 is 15.9 Å². The average Bonchev–Trinajstić information content (AvgIpc) is 2.65. The van der Waals surface area contributed by atoms with Gasteiger partial charge < -0.3 is 14.4 Å². The molecule has 2 aromatic carbocycles. The fraction of sp³-hybridized carbons (Fsp3) is 0.278. The Morgan fingerprint density at radius 1 is 1.15 bits per heavy atom. The molecule has 0 radical (unpaired) electrons. The molecule has 1 heterocycles. The van der Waals surface area contributed by atoms with Crippen LogP contribution < -0.4 is 9.47 Å². The lowest BCUT2D eigenvalue weighted by molar-refractivity contribution is -0.385. The maximum atomic E-state index is 12.8. The van der Waals surface area contributed by atoms with Crippen LogP contribution in [0.2, 0.25) is 0 Å². The number of nitro groups is 1. The van der Waals surface area contributed by atoms with E-state index < -0.39 is 4.92 Å². The van der Waals surface area contributed by atoms with Gasteiger partial charge in [-0.1, -0.05) is 0 Å². The van der Waals surface area contributed by atoms with E-state index in [1.807, 2.05) is 12.1 Å². The highest BCUT2D eigenvalue weighted by molar-refractivity contribution is 9.10. The van der Waals surface area contributed by atoms with E-state index in [0.29, 0.717) is 41.0 Å². The summed E-state index contributed by atoms with van der Waals surface area (Å²) in [7, 11) is 3.15. The first kappa shape index (κ1) is 18.2. The van der Waals surface area contributed by atoms with E-state index in [4.69, 9.17) is 9.47 Å². The Morgan fingerprint density at radius 2 is 1.81 bits per heavy atom. The van der Waals surface area contributed by atoms with Gasteiger partial charge in [0.2, 0.25) is 0 Å². The molecule has 2 aromatic rings. The number of rotatable bonds is 4. The van der Waals surface area contributed by atoms with Gasteiger partial charge >= 0.3 is 0 Å². The molecular formula is C18H17BrN2O5. The highest BCUT2D eigenvalue weighted by atomic mass is 79.9. The second-order valence-electron chi connectivity index (χ2n) is 5.88. The number of carbonyl (C=O) groups excluding carboxylic acids is 1. The van der Waals surface area contributed by atoms with Crippen molar-refractivity contribution < 1.29 is 19.2 Å². The monoisotopic (exact) mass is 420 g/mol. The molecule has 1 amide bonds. The Hall–Kier alpha value is -2.61. The summed E-state index contributed by atoms with van der Waals surface area (Å²) < 4.78 is 11.0. The molecule has 136 valence electrons. The number of benzene rings is 2. The van der Waals surface area contributed by atoms with E-state index >= 15 is 0 Å². The van der Waals surface area contributed by atoms with Gasteiger partial charge in [0.1, 0.15) is 0 Å². The smallest absolute Gasteiger partial charge is 0.284 e. The summed E-state index contributed by atoms with van der Waals surface area (Å²) in [5.41, 5.74) is 2.26. The van der Waals surface area contributed by atoms with Crippen molar-refractivity contribution in [1.82, 2.24) is 4.90 Å². The lowest BCUT2D eigenvalue weighted by Gasteiger charge is -2.29. The fourth-order valence-corrected chi connectivity index (χ4v) is 3.42. The van der Waals surface area contributed by atoms with Gasteiger partial charge in [-0.2, -0.15) is 0 Å². The molecule has 26 heavy (non-hydrogen) atoms. The molecule has 0 fully saturated rings. The lowest BCUT2D eigenvalue weighted by Crippen LogP contribution is -2.36. The normalized spacial score (nSPS) is 13.1. The first-order valence-corrected chi connectivity index (χ1v) is 8.71. The Morgan fingerprint density at radius 3 is 2.42 bits per heavy atom. The zero-order valence-corrected chi connectivity index (χ0v) is 15.9. The third-order valence-electron chi connectivity index (χ3n) is 4.40. The average molecular weight is 421 g/mol. The number of carbonyl (C=O) groups is 1. The summed E-state index contributed by atoms with van der Waals surface area (Å²) in [6.45, 7) is 0.948. The second-order valence-corrected chi connectivity index (χ2v) is 6.73. The summed E-state index contributed by atoms with van der Waals surface area (Å²) >= 11 is 3.13. The summed E-state index contributed by atoms with van der Waals surface area (Å²) in [4.78, 5) is 25.1. The molecule has 0 N–H and O–H groups in total. The number of halogens is 1. The van der Waals surface area contributed by atoms with E-state index in [2.05, 4.69) is 15.9 Å². The molecule has 1 aliphatic rings. The number of hydrogen-bond acceptors (Lipinski definition) is 5. The van der Waals surface area contributed by atoms with Crippen LogP contribution in [0, 0.1) is 10.1 Å².